The van der Waals surface area contributed by atoms with Gasteiger partial charge in [-0.1, -0.05) is 102 Å². The Labute approximate surface area is 603 Å². The van der Waals surface area contributed by atoms with Crippen LogP contribution in [0.15, 0.2) is 18.2 Å². The predicted molar refractivity (Wildman–Crippen MR) is 373 cm³/mol. The smallest absolute Gasteiger partial charge is 0.376 e. The molecule has 3 heterocycles. The monoisotopic (exact) mass is 1450 g/mol. The van der Waals surface area contributed by atoms with Gasteiger partial charge in [-0.05, 0) is 125 Å². The minimum absolute atomic E-state index is 0.0156. The molecule has 0 aromatic heterocycles. The van der Waals surface area contributed by atoms with Gasteiger partial charge >= 0.3 is 6.18 Å². The summed E-state index contributed by atoms with van der Waals surface area (Å²) >= 11 is 6.17. The number of nitrogens with zero attached hydrogens (tertiary/aromatic N) is 9. The summed E-state index contributed by atoms with van der Waals surface area (Å²) in [6.07, 6.45) is 8.07. The highest BCUT2D eigenvalue weighted by molar-refractivity contribution is 6.31. The second kappa shape index (κ2) is 36.1. The SMILES string of the molecule is CC[C@H](C)[C@@H]1NC(=O)[C@H](COC2CC2)N(C)C(=O)C[C@@H](C(=O)N2CCCCC2)N(C)C(=O)[C@H](C2CCCCC2)N(C)C(=O)C2(CCCC2)NC(=O)[C@@H]2CCCN2C(=O)[C@H](CCc2ccc(C(F)(F)F)c(Cl)c2)NC(=O)CN(C)C(=O)[C@H](CC2CCCCC2)N(C)C(=O)CN(C)C(=O)CN(C)C1=O. The lowest BCUT2D eigenvalue weighted by Gasteiger charge is -2.43. The zero-order valence-corrected chi connectivity index (χ0v) is 62.0. The molecule has 0 radical (unpaired) electrons. The highest BCUT2D eigenvalue weighted by Gasteiger charge is 2.52. The number of rotatable bonds is 12. The van der Waals surface area contributed by atoms with E-state index >= 15 is 28.8 Å². The number of halogens is 4. The van der Waals surface area contributed by atoms with Crippen molar-refractivity contribution in [3.63, 3.8) is 0 Å². The molecule has 4 saturated carbocycles. The average molecular weight is 1460 g/mol. The number of piperidine rings is 1. The molecule has 3 aliphatic heterocycles. The Hall–Kier alpha value is -7.10. The van der Waals surface area contributed by atoms with E-state index in [0.717, 1.165) is 97.5 Å². The van der Waals surface area contributed by atoms with Crippen LogP contribution in [-0.2, 0) is 74.9 Å². The Morgan fingerprint density at radius 2 is 1.24 bits per heavy atom. The van der Waals surface area contributed by atoms with Gasteiger partial charge in [0.05, 0.1) is 49.4 Å². The van der Waals surface area contributed by atoms with Gasteiger partial charge in [0.2, 0.25) is 70.9 Å². The molecule has 568 valence electrons. The van der Waals surface area contributed by atoms with Crippen molar-refractivity contribution in [3.05, 3.63) is 34.3 Å². The van der Waals surface area contributed by atoms with Crippen LogP contribution < -0.4 is 16.0 Å². The van der Waals surface area contributed by atoms with Crippen LogP contribution in [0.4, 0.5) is 13.2 Å². The van der Waals surface area contributed by atoms with E-state index in [4.69, 9.17) is 16.3 Å². The molecule has 25 nitrogen and oxygen atoms in total. The second-order valence-electron chi connectivity index (χ2n) is 30.1. The first kappa shape index (κ1) is 80.6. The average Bonchev–Trinajstić information content (AvgIpc) is 1.34. The van der Waals surface area contributed by atoms with Gasteiger partial charge in [-0.3, -0.25) is 57.5 Å². The molecule has 1 spiro atoms. The largest absolute Gasteiger partial charge is 0.417 e. The number of hydrogen-bond donors (Lipinski definition) is 3. The van der Waals surface area contributed by atoms with Crippen molar-refractivity contribution in [2.45, 2.75) is 241 Å². The Bertz CT molecular complexity index is 3190. The highest BCUT2D eigenvalue weighted by Crippen LogP contribution is 2.39. The van der Waals surface area contributed by atoms with E-state index in [0.29, 0.717) is 70.0 Å². The molecule has 12 amide bonds. The number of alkyl halides is 3. The van der Waals surface area contributed by atoms with Crippen LogP contribution in [0.2, 0.25) is 5.02 Å². The van der Waals surface area contributed by atoms with Gasteiger partial charge in [-0.25, -0.2) is 0 Å². The van der Waals surface area contributed by atoms with Gasteiger partial charge in [0.1, 0.15) is 47.8 Å². The summed E-state index contributed by atoms with van der Waals surface area (Å²) < 4.78 is 47.8. The molecule has 8 atom stereocenters. The summed E-state index contributed by atoms with van der Waals surface area (Å²) in [5, 5.41) is 8.15. The van der Waals surface area contributed by atoms with E-state index in [2.05, 4.69) is 16.0 Å². The highest BCUT2D eigenvalue weighted by atomic mass is 35.5. The standard InChI is InChI=1S/C73H110ClF3N12O13/c1-10-46(2)62-69(99)83(5)43-60(92)81(3)44-61(93)84(6)55(40-47-23-14-11-15-24-47)67(97)82(4)42-58(90)78-53(33-29-48-28-32-51(52(74)39-48)73(75,76)77)66(96)89-38-22-27-54(89)65(95)80-72(34-18-19-35-72)71(101)87(9)63(49-25-16-12-17-26-49)70(100)86(8)56(68(98)88-36-20-13-21-37-88)41-59(91)85(7)57(64(94)79-62)45-102-50-30-31-50/h28,32,39,46-47,49-50,53-57,62-63H,10-27,29-31,33-38,40-45H2,1-9H3,(H,78,90)(H,79,94)(H,80,95)/t46-,53-,54-,55-,56-,57-,62-,63-/m0/s1. The van der Waals surface area contributed by atoms with Gasteiger partial charge in [0.25, 0.3) is 0 Å². The quantitative estimate of drug-likeness (QED) is 0.232. The van der Waals surface area contributed by atoms with Crippen LogP contribution >= 0.6 is 11.6 Å². The molecule has 1 aromatic rings. The summed E-state index contributed by atoms with van der Waals surface area (Å²) in [7, 11) is 9.94. The third-order valence-electron chi connectivity index (χ3n) is 22.7. The molecule has 0 bridgehead atoms. The number of carbonyl (C=O) groups is 12. The number of ether oxygens (including phenoxy) is 1. The van der Waals surface area contributed by atoms with Gasteiger partial charge in [0, 0.05) is 69.0 Å². The van der Waals surface area contributed by atoms with E-state index in [9.17, 15) is 41.9 Å². The lowest BCUT2D eigenvalue weighted by atomic mass is 9.81. The third-order valence-corrected chi connectivity index (χ3v) is 23.0. The van der Waals surface area contributed by atoms with Crippen molar-refractivity contribution in [1.82, 2.24) is 60.0 Å². The maximum absolute atomic E-state index is 15.8. The Kier molecular flexibility index (Phi) is 28.5. The molecule has 7 aliphatic rings. The summed E-state index contributed by atoms with van der Waals surface area (Å²) in [4.78, 5) is 191. The van der Waals surface area contributed by atoms with Crippen molar-refractivity contribution >= 4 is 82.5 Å². The van der Waals surface area contributed by atoms with Crippen LogP contribution in [0.1, 0.15) is 185 Å². The first-order valence-electron chi connectivity index (χ1n) is 37.1. The molecule has 3 N–H and O–H groups in total. The third kappa shape index (κ3) is 20.2. The van der Waals surface area contributed by atoms with E-state index in [1.807, 2.05) is 6.92 Å². The molecule has 3 saturated heterocycles. The first-order chi connectivity index (χ1) is 48.3. The van der Waals surface area contributed by atoms with Crippen LogP contribution in [-0.4, -0.2) is 264 Å². The second-order valence-corrected chi connectivity index (χ2v) is 30.5. The molecular weight excluding hydrogens is 1350 g/mol. The van der Waals surface area contributed by atoms with Crippen molar-refractivity contribution in [3.8, 4) is 0 Å². The number of carbonyl (C=O) groups excluding carboxylic acids is 12. The number of hydrogen-bond acceptors (Lipinski definition) is 13. The molecule has 0 unspecified atom stereocenters. The zero-order chi connectivity index (χ0) is 74.5. The van der Waals surface area contributed by atoms with Gasteiger partial charge < -0.3 is 64.8 Å². The minimum Gasteiger partial charge on any atom is -0.376 e. The van der Waals surface area contributed by atoms with Crippen LogP contribution in [0.5, 0.6) is 0 Å². The fourth-order valence-electron chi connectivity index (χ4n) is 15.8. The molecular formula is C73H110ClF3N12O13. The summed E-state index contributed by atoms with van der Waals surface area (Å²) in [6.45, 7) is 2.36. The van der Waals surface area contributed by atoms with Crippen LogP contribution in [0, 0.1) is 17.8 Å². The number of likely N-dealkylation sites (tertiary alicyclic amines) is 1. The molecule has 8 rings (SSSR count). The van der Waals surface area contributed by atoms with Gasteiger partial charge in [-0.15, -0.1) is 0 Å². The van der Waals surface area contributed by atoms with Crippen molar-refractivity contribution < 1.29 is 75.4 Å². The number of amides is 12. The van der Waals surface area contributed by atoms with Crippen LogP contribution in [0.25, 0.3) is 0 Å². The molecule has 7 fully saturated rings. The number of nitrogens with one attached hydrogen (secondary N) is 3. The van der Waals surface area contributed by atoms with Gasteiger partial charge in [-0.2, -0.15) is 13.2 Å². The van der Waals surface area contributed by atoms with E-state index < -0.39 is 173 Å². The maximum atomic E-state index is 15.8. The van der Waals surface area contributed by atoms with Gasteiger partial charge in [0.15, 0.2) is 0 Å². The molecule has 102 heavy (non-hydrogen) atoms. The van der Waals surface area contributed by atoms with E-state index in [1.54, 1.807) is 11.8 Å². The molecule has 4 aliphatic carbocycles. The van der Waals surface area contributed by atoms with Crippen molar-refractivity contribution in [1.29, 1.82) is 0 Å². The predicted octanol–water partition coefficient (Wildman–Crippen LogP) is 5.56. The summed E-state index contributed by atoms with van der Waals surface area (Å²) in [6, 6.07) is -5.78. The topological polar surface area (TPSA) is 279 Å². The van der Waals surface area contributed by atoms with Crippen molar-refractivity contribution in [2.24, 2.45) is 17.8 Å². The number of aryl methyl sites for hydroxylation is 1. The normalized spacial score (nSPS) is 27.3. The fourth-order valence-corrected chi connectivity index (χ4v) is 16.1. The lowest BCUT2D eigenvalue weighted by molar-refractivity contribution is -0.157. The van der Waals surface area contributed by atoms with E-state index in [1.165, 1.54) is 79.9 Å². The Morgan fingerprint density at radius 1 is 0.627 bits per heavy atom. The lowest BCUT2D eigenvalue weighted by Crippen LogP contribution is -2.65. The first-order valence-corrected chi connectivity index (χ1v) is 37.5. The van der Waals surface area contributed by atoms with Crippen molar-refractivity contribution in [2.75, 3.05) is 95.2 Å². The fraction of sp³-hybridized carbons (Fsp3) is 0.753. The number of fused-ring (bicyclic) bond motifs is 1. The number of likely N-dealkylation sites (N-methyl/N-ethyl adjacent to an activating group) is 7. The summed E-state index contributed by atoms with van der Waals surface area (Å²) in [5.74, 6) is -8.78. The maximum Gasteiger partial charge on any atom is 0.417 e. The van der Waals surface area contributed by atoms with E-state index in [-0.39, 0.29) is 63.7 Å². The Morgan fingerprint density at radius 3 is 1.85 bits per heavy atom. The summed E-state index contributed by atoms with van der Waals surface area (Å²) in [5.41, 5.74) is -2.35. The minimum atomic E-state index is -4.76. The molecule has 1 aromatic carbocycles. The van der Waals surface area contributed by atoms with Crippen LogP contribution in [0.3, 0.4) is 0 Å². The zero-order valence-electron chi connectivity index (χ0n) is 61.3. The number of benzene rings is 1. The Balaban J connectivity index is 1.17. The molecule has 29 heteroatoms.